The standard InChI is InChI=1S/C17H20N4O3S/c1-21(2)25(23,24)15-7-5-13(6-8-15)17(22)18-10-14-9-16(12-3-4-12)20-11-19-14/h5-9,11-12H,3-4,10H2,1-2H3,(H,18,22). The highest BCUT2D eigenvalue weighted by Crippen LogP contribution is 2.38. The van der Waals surface area contributed by atoms with E-state index in [0.29, 0.717) is 18.0 Å². The van der Waals surface area contributed by atoms with Crippen molar-refractivity contribution in [3.63, 3.8) is 0 Å². The number of aromatic nitrogens is 2. The summed E-state index contributed by atoms with van der Waals surface area (Å²) in [5, 5.41) is 2.79. The van der Waals surface area contributed by atoms with Crippen molar-refractivity contribution in [2.75, 3.05) is 14.1 Å². The number of nitrogens with zero attached hydrogens (tertiary/aromatic N) is 3. The van der Waals surface area contributed by atoms with Crippen molar-refractivity contribution in [3.05, 3.63) is 53.6 Å². The fourth-order valence-electron chi connectivity index (χ4n) is 2.38. The molecule has 1 heterocycles. The molecule has 1 aliphatic carbocycles. The number of rotatable bonds is 6. The first-order valence-electron chi connectivity index (χ1n) is 7.99. The molecule has 25 heavy (non-hydrogen) atoms. The van der Waals surface area contributed by atoms with Crippen molar-refractivity contribution in [1.29, 1.82) is 0 Å². The molecule has 2 aromatic rings. The van der Waals surface area contributed by atoms with Gasteiger partial charge in [0.15, 0.2) is 0 Å². The second-order valence-electron chi connectivity index (χ2n) is 6.20. The normalized spacial score (nSPS) is 14.5. The van der Waals surface area contributed by atoms with E-state index in [0.717, 1.165) is 28.5 Å². The van der Waals surface area contributed by atoms with Gasteiger partial charge < -0.3 is 5.32 Å². The number of hydrogen-bond donors (Lipinski definition) is 1. The van der Waals surface area contributed by atoms with Gasteiger partial charge in [0.2, 0.25) is 10.0 Å². The third kappa shape index (κ3) is 4.02. The van der Waals surface area contributed by atoms with Crippen molar-refractivity contribution >= 4 is 15.9 Å². The Bertz CT molecular complexity index is 875. The molecule has 3 rings (SSSR count). The minimum absolute atomic E-state index is 0.152. The van der Waals surface area contributed by atoms with Crippen molar-refractivity contribution in [1.82, 2.24) is 19.6 Å². The highest BCUT2D eigenvalue weighted by molar-refractivity contribution is 7.89. The Morgan fingerprint density at radius 1 is 1.20 bits per heavy atom. The fourth-order valence-corrected chi connectivity index (χ4v) is 3.28. The van der Waals surface area contributed by atoms with Gasteiger partial charge in [-0.2, -0.15) is 0 Å². The first-order valence-corrected chi connectivity index (χ1v) is 9.43. The molecule has 1 aliphatic rings. The second kappa shape index (κ2) is 6.89. The van der Waals surface area contributed by atoms with Gasteiger partial charge in [0.1, 0.15) is 6.33 Å². The van der Waals surface area contributed by atoms with E-state index >= 15 is 0 Å². The molecule has 1 saturated carbocycles. The topological polar surface area (TPSA) is 92.3 Å². The van der Waals surface area contributed by atoms with Gasteiger partial charge in [-0.05, 0) is 43.2 Å². The largest absolute Gasteiger partial charge is 0.346 e. The van der Waals surface area contributed by atoms with Gasteiger partial charge in [0.05, 0.1) is 17.1 Å². The number of carbonyl (C=O) groups is 1. The lowest BCUT2D eigenvalue weighted by molar-refractivity contribution is 0.0950. The van der Waals surface area contributed by atoms with E-state index in [-0.39, 0.29) is 10.8 Å². The highest BCUT2D eigenvalue weighted by atomic mass is 32.2. The maximum Gasteiger partial charge on any atom is 0.251 e. The predicted molar refractivity (Wildman–Crippen MR) is 92.5 cm³/mol. The molecule has 0 saturated heterocycles. The Morgan fingerprint density at radius 3 is 2.48 bits per heavy atom. The van der Waals surface area contributed by atoms with Crippen LogP contribution >= 0.6 is 0 Å². The second-order valence-corrected chi connectivity index (χ2v) is 8.35. The third-order valence-corrected chi connectivity index (χ3v) is 5.89. The molecule has 1 aromatic heterocycles. The Morgan fingerprint density at radius 2 is 1.88 bits per heavy atom. The molecular formula is C17H20N4O3S. The molecule has 0 aliphatic heterocycles. The molecule has 0 atom stereocenters. The van der Waals surface area contributed by atoms with E-state index in [9.17, 15) is 13.2 Å². The fraction of sp³-hybridized carbons (Fsp3) is 0.353. The van der Waals surface area contributed by atoms with Crippen LogP contribution in [0, 0.1) is 0 Å². The monoisotopic (exact) mass is 360 g/mol. The first kappa shape index (κ1) is 17.5. The van der Waals surface area contributed by atoms with E-state index in [1.54, 1.807) is 0 Å². The quantitative estimate of drug-likeness (QED) is 0.843. The van der Waals surface area contributed by atoms with Gasteiger partial charge in [0.25, 0.3) is 5.91 Å². The molecule has 0 spiro atoms. The van der Waals surface area contributed by atoms with Gasteiger partial charge >= 0.3 is 0 Å². The Hall–Kier alpha value is -2.32. The summed E-state index contributed by atoms with van der Waals surface area (Å²) in [7, 11) is -0.565. The van der Waals surface area contributed by atoms with E-state index in [2.05, 4.69) is 15.3 Å². The summed E-state index contributed by atoms with van der Waals surface area (Å²) >= 11 is 0. The molecule has 1 amide bonds. The average Bonchev–Trinajstić information content (AvgIpc) is 3.45. The zero-order valence-corrected chi connectivity index (χ0v) is 15.0. The third-order valence-electron chi connectivity index (χ3n) is 4.07. The Balaban J connectivity index is 1.64. The number of hydrogen-bond acceptors (Lipinski definition) is 5. The molecular weight excluding hydrogens is 340 g/mol. The van der Waals surface area contributed by atoms with Crippen LogP contribution in [0.3, 0.4) is 0 Å². The summed E-state index contributed by atoms with van der Waals surface area (Å²) in [6.07, 6.45) is 3.84. The Kier molecular flexibility index (Phi) is 4.82. The van der Waals surface area contributed by atoms with Crippen molar-refractivity contribution < 1.29 is 13.2 Å². The molecule has 132 valence electrons. The van der Waals surface area contributed by atoms with Gasteiger partial charge in [-0.25, -0.2) is 22.7 Å². The maximum absolute atomic E-state index is 12.2. The predicted octanol–water partition coefficient (Wildman–Crippen LogP) is 1.53. The lowest BCUT2D eigenvalue weighted by Gasteiger charge is -2.11. The lowest BCUT2D eigenvalue weighted by Crippen LogP contribution is -2.24. The number of nitrogens with one attached hydrogen (secondary N) is 1. The summed E-state index contributed by atoms with van der Waals surface area (Å²) < 4.78 is 25.2. The highest BCUT2D eigenvalue weighted by Gasteiger charge is 2.25. The van der Waals surface area contributed by atoms with E-state index in [4.69, 9.17) is 0 Å². The molecule has 1 fully saturated rings. The van der Waals surface area contributed by atoms with Crippen LogP contribution in [0.2, 0.25) is 0 Å². The van der Waals surface area contributed by atoms with Crippen LogP contribution in [0.5, 0.6) is 0 Å². The van der Waals surface area contributed by atoms with E-state index in [1.807, 2.05) is 6.07 Å². The minimum atomic E-state index is -3.50. The van der Waals surface area contributed by atoms with E-state index in [1.165, 1.54) is 44.7 Å². The molecule has 1 aromatic carbocycles. The van der Waals surface area contributed by atoms with Crippen LogP contribution in [0.1, 0.15) is 40.5 Å². The first-order chi connectivity index (χ1) is 11.9. The summed E-state index contributed by atoms with van der Waals surface area (Å²) in [5.41, 5.74) is 2.18. The molecule has 1 N–H and O–H groups in total. The van der Waals surface area contributed by atoms with Crippen molar-refractivity contribution in [2.24, 2.45) is 0 Å². The SMILES string of the molecule is CN(C)S(=O)(=O)c1ccc(C(=O)NCc2cc(C3CC3)ncn2)cc1. The number of sulfonamides is 1. The molecule has 7 nitrogen and oxygen atoms in total. The minimum Gasteiger partial charge on any atom is -0.346 e. The zero-order chi connectivity index (χ0) is 18.0. The lowest BCUT2D eigenvalue weighted by atomic mass is 10.2. The van der Waals surface area contributed by atoms with Gasteiger partial charge in [-0.3, -0.25) is 4.79 Å². The van der Waals surface area contributed by atoms with Crippen LogP contribution in [0.25, 0.3) is 0 Å². The van der Waals surface area contributed by atoms with Crippen LogP contribution in [0.4, 0.5) is 0 Å². The average molecular weight is 360 g/mol. The van der Waals surface area contributed by atoms with Crippen LogP contribution in [-0.2, 0) is 16.6 Å². The Labute approximate surface area is 147 Å². The zero-order valence-electron chi connectivity index (χ0n) is 14.1. The van der Waals surface area contributed by atoms with E-state index < -0.39 is 10.0 Å². The molecule has 0 bridgehead atoms. The maximum atomic E-state index is 12.2. The molecule has 8 heteroatoms. The van der Waals surface area contributed by atoms with Gasteiger partial charge in [-0.15, -0.1) is 0 Å². The van der Waals surface area contributed by atoms with Gasteiger partial charge in [-0.1, -0.05) is 0 Å². The summed E-state index contributed by atoms with van der Waals surface area (Å²) in [6, 6.07) is 7.79. The number of amides is 1. The number of carbonyl (C=O) groups excluding carboxylic acids is 1. The molecule has 0 radical (unpaired) electrons. The van der Waals surface area contributed by atoms with Gasteiger partial charge in [0, 0.05) is 31.3 Å². The van der Waals surface area contributed by atoms with Crippen molar-refractivity contribution in [2.45, 2.75) is 30.2 Å². The summed E-state index contributed by atoms with van der Waals surface area (Å²) in [5.74, 6) is 0.254. The number of benzene rings is 1. The summed E-state index contributed by atoms with van der Waals surface area (Å²) in [6.45, 7) is 0.304. The smallest absolute Gasteiger partial charge is 0.251 e. The van der Waals surface area contributed by atoms with Crippen LogP contribution in [-0.4, -0.2) is 42.7 Å². The van der Waals surface area contributed by atoms with Crippen molar-refractivity contribution in [3.8, 4) is 0 Å². The van der Waals surface area contributed by atoms with Crippen LogP contribution < -0.4 is 5.32 Å². The summed E-state index contributed by atoms with van der Waals surface area (Å²) in [4.78, 5) is 20.8. The molecule has 0 unspecified atom stereocenters. The van der Waals surface area contributed by atoms with Crippen LogP contribution in [0.15, 0.2) is 41.6 Å².